The second-order valence-corrected chi connectivity index (χ2v) is 6.34. The lowest BCUT2D eigenvalue weighted by atomic mass is 10.2. The molecule has 0 amide bonds. The molecule has 29 heavy (non-hydrogen) atoms. The van der Waals surface area contributed by atoms with Crippen molar-refractivity contribution in [2.24, 2.45) is 0 Å². The van der Waals surface area contributed by atoms with E-state index in [9.17, 15) is 0 Å². The average Bonchev–Trinajstić information content (AvgIpc) is 2.74. The lowest BCUT2D eigenvalue weighted by Crippen LogP contribution is -1.93. The van der Waals surface area contributed by atoms with Crippen molar-refractivity contribution in [1.29, 1.82) is 0 Å². The van der Waals surface area contributed by atoms with Gasteiger partial charge >= 0.3 is 0 Å². The van der Waals surface area contributed by atoms with Gasteiger partial charge in [-0.2, -0.15) is 0 Å². The van der Waals surface area contributed by atoms with E-state index in [1.807, 2.05) is 72.8 Å². The second-order valence-electron chi connectivity index (χ2n) is 6.34. The summed E-state index contributed by atoms with van der Waals surface area (Å²) in [4.78, 5) is 0. The Labute approximate surface area is 169 Å². The van der Waals surface area contributed by atoms with Crippen LogP contribution in [0.3, 0.4) is 0 Å². The van der Waals surface area contributed by atoms with Gasteiger partial charge in [0.1, 0.15) is 11.5 Å². The number of benzene rings is 4. The van der Waals surface area contributed by atoms with E-state index in [2.05, 4.69) is 0 Å². The molecule has 5 nitrogen and oxygen atoms in total. The van der Waals surface area contributed by atoms with Crippen LogP contribution in [0.15, 0.2) is 97.1 Å². The van der Waals surface area contributed by atoms with E-state index >= 15 is 0 Å². The van der Waals surface area contributed by atoms with Crippen molar-refractivity contribution >= 4 is 11.4 Å². The summed E-state index contributed by atoms with van der Waals surface area (Å²) in [5.74, 6) is 3.64. The fourth-order valence-corrected chi connectivity index (χ4v) is 2.68. The molecule has 0 aliphatic carbocycles. The van der Waals surface area contributed by atoms with E-state index in [0.29, 0.717) is 45.9 Å². The van der Waals surface area contributed by atoms with Gasteiger partial charge in [-0.25, -0.2) is 0 Å². The van der Waals surface area contributed by atoms with Gasteiger partial charge < -0.3 is 25.7 Å². The summed E-state index contributed by atoms with van der Waals surface area (Å²) in [5.41, 5.74) is 12.8. The first-order valence-corrected chi connectivity index (χ1v) is 9.10. The number of ether oxygens (including phenoxy) is 3. The highest BCUT2D eigenvalue weighted by molar-refractivity contribution is 5.51. The Morgan fingerprint density at radius 3 is 1.03 bits per heavy atom. The number of rotatable bonds is 6. The average molecular weight is 384 g/mol. The SMILES string of the molecule is Nc1ccc(Oc2ccccc2Oc2ccccc2Oc2ccc(N)cc2)cc1. The fraction of sp³-hybridized carbons (Fsp3) is 0. The van der Waals surface area contributed by atoms with Crippen LogP contribution in [0.1, 0.15) is 0 Å². The highest BCUT2D eigenvalue weighted by atomic mass is 16.5. The highest BCUT2D eigenvalue weighted by Gasteiger charge is 2.11. The van der Waals surface area contributed by atoms with Crippen LogP contribution in [0.5, 0.6) is 34.5 Å². The van der Waals surface area contributed by atoms with E-state index in [4.69, 9.17) is 25.7 Å². The molecule has 0 heterocycles. The van der Waals surface area contributed by atoms with Crippen molar-refractivity contribution in [2.75, 3.05) is 11.5 Å². The summed E-state index contributed by atoms with van der Waals surface area (Å²) in [5, 5.41) is 0. The molecule has 0 aliphatic rings. The first kappa shape index (κ1) is 18.3. The van der Waals surface area contributed by atoms with Crippen molar-refractivity contribution in [1.82, 2.24) is 0 Å². The monoisotopic (exact) mass is 384 g/mol. The molecule has 4 aromatic rings. The molecule has 0 atom stereocenters. The molecule has 0 saturated heterocycles. The summed E-state index contributed by atoms with van der Waals surface area (Å²) in [6.07, 6.45) is 0. The van der Waals surface area contributed by atoms with E-state index in [-0.39, 0.29) is 0 Å². The third kappa shape index (κ3) is 4.59. The van der Waals surface area contributed by atoms with E-state index in [1.54, 1.807) is 24.3 Å². The Morgan fingerprint density at radius 2 is 0.690 bits per heavy atom. The minimum absolute atomic E-state index is 0.567. The van der Waals surface area contributed by atoms with Gasteiger partial charge in [0.2, 0.25) is 0 Å². The molecule has 0 unspecified atom stereocenters. The Kier molecular flexibility index (Phi) is 5.21. The lowest BCUT2D eigenvalue weighted by molar-refractivity contribution is 0.394. The van der Waals surface area contributed by atoms with Crippen LogP contribution in [-0.4, -0.2) is 0 Å². The maximum atomic E-state index is 6.13. The van der Waals surface area contributed by atoms with Crippen molar-refractivity contribution in [3.05, 3.63) is 97.1 Å². The highest BCUT2D eigenvalue weighted by Crippen LogP contribution is 2.39. The molecule has 0 bridgehead atoms. The van der Waals surface area contributed by atoms with E-state index < -0.39 is 0 Å². The van der Waals surface area contributed by atoms with Gasteiger partial charge in [0.25, 0.3) is 0 Å². The Bertz CT molecular complexity index is 1000. The third-order valence-corrected chi connectivity index (χ3v) is 4.13. The second kappa shape index (κ2) is 8.27. The zero-order chi connectivity index (χ0) is 20.1. The molecule has 0 aromatic heterocycles. The molecule has 0 saturated carbocycles. The zero-order valence-electron chi connectivity index (χ0n) is 15.6. The van der Waals surface area contributed by atoms with Gasteiger partial charge in [-0.15, -0.1) is 0 Å². The molecule has 5 heteroatoms. The molecule has 0 spiro atoms. The third-order valence-electron chi connectivity index (χ3n) is 4.13. The molecule has 0 aliphatic heterocycles. The topological polar surface area (TPSA) is 79.7 Å². The van der Waals surface area contributed by atoms with Gasteiger partial charge in [-0.3, -0.25) is 0 Å². The molecule has 4 aromatic carbocycles. The minimum atomic E-state index is 0.567. The molecular weight excluding hydrogens is 364 g/mol. The molecular formula is C24H20N2O3. The van der Waals surface area contributed by atoms with Crippen LogP contribution in [0.4, 0.5) is 11.4 Å². The summed E-state index contributed by atoms with van der Waals surface area (Å²) >= 11 is 0. The number of anilines is 2. The van der Waals surface area contributed by atoms with Crippen molar-refractivity contribution in [3.63, 3.8) is 0 Å². The summed E-state index contributed by atoms with van der Waals surface area (Å²) < 4.78 is 18.1. The predicted octanol–water partition coefficient (Wildman–Crippen LogP) is 6.23. The van der Waals surface area contributed by atoms with Crippen LogP contribution >= 0.6 is 0 Å². The first-order valence-electron chi connectivity index (χ1n) is 9.10. The van der Waals surface area contributed by atoms with E-state index in [0.717, 1.165) is 0 Å². The quantitative estimate of drug-likeness (QED) is 0.385. The molecule has 4 rings (SSSR count). The Hall–Kier alpha value is -4.12. The molecule has 144 valence electrons. The number of nitrogen functional groups attached to an aromatic ring is 2. The van der Waals surface area contributed by atoms with Crippen LogP contribution in [0.2, 0.25) is 0 Å². The number of hydrogen-bond donors (Lipinski definition) is 2. The smallest absolute Gasteiger partial charge is 0.170 e. The first-order chi connectivity index (χ1) is 14.2. The van der Waals surface area contributed by atoms with Crippen molar-refractivity contribution in [2.45, 2.75) is 0 Å². The van der Waals surface area contributed by atoms with Gasteiger partial charge in [0.15, 0.2) is 23.0 Å². The normalized spacial score (nSPS) is 10.3. The Balaban J connectivity index is 1.58. The molecule has 0 fully saturated rings. The van der Waals surface area contributed by atoms with Crippen LogP contribution in [-0.2, 0) is 0 Å². The number of para-hydroxylation sites is 4. The van der Waals surface area contributed by atoms with E-state index in [1.165, 1.54) is 0 Å². The summed E-state index contributed by atoms with van der Waals surface area (Å²) in [6.45, 7) is 0. The zero-order valence-corrected chi connectivity index (χ0v) is 15.6. The van der Waals surface area contributed by atoms with Crippen LogP contribution in [0, 0.1) is 0 Å². The standard InChI is InChI=1S/C24H20N2O3/c25-17-9-13-19(14-10-17)27-21-5-1-3-7-23(21)29-24-8-4-2-6-22(24)28-20-15-11-18(26)12-16-20/h1-16H,25-26H2. The summed E-state index contributed by atoms with van der Waals surface area (Å²) in [6, 6.07) is 29.3. The van der Waals surface area contributed by atoms with Crippen molar-refractivity contribution < 1.29 is 14.2 Å². The van der Waals surface area contributed by atoms with Crippen LogP contribution < -0.4 is 25.7 Å². The minimum Gasteiger partial charge on any atom is -0.453 e. The van der Waals surface area contributed by atoms with Gasteiger partial charge in [-0.05, 0) is 72.8 Å². The van der Waals surface area contributed by atoms with Gasteiger partial charge in [-0.1, -0.05) is 24.3 Å². The largest absolute Gasteiger partial charge is 0.453 e. The summed E-state index contributed by atoms with van der Waals surface area (Å²) in [7, 11) is 0. The van der Waals surface area contributed by atoms with Gasteiger partial charge in [0.05, 0.1) is 0 Å². The van der Waals surface area contributed by atoms with Gasteiger partial charge in [0, 0.05) is 11.4 Å². The maximum Gasteiger partial charge on any atom is 0.170 e. The predicted molar refractivity (Wildman–Crippen MR) is 115 cm³/mol. The molecule has 0 radical (unpaired) electrons. The van der Waals surface area contributed by atoms with Crippen molar-refractivity contribution in [3.8, 4) is 34.5 Å². The van der Waals surface area contributed by atoms with Crippen LogP contribution in [0.25, 0.3) is 0 Å². The lowest BCUT2D eigenvalue weighted by Gasteiger charge is -2.15. The number of hydrogen-bond acceptors (Lipinski definition) is 5. The number of nitrogens with two attached hydrogens (primary N) is 2. The fourth-order valence-electron chi connectivity index (χ4n) is 2.68. The maximum absolute atomic E-state index is 6.13. The molecule has 4 N–H and O–H groups in total. The Morgan fingerprint density at radius 1 is 0.379 bits per heavy atom.